The fourth-order valence-corrected chi connectivity index (χ4v) is 3.84. The van der Waals surface area contributed by atoms with Gasteiger partial charge >= 0.3 is 0 Å². The fourth-order valence-electron chi connectivity index (χ4n) is 3.32. The van der Waals surface area contributed by atoms with Gasteiger partial charge in [-0.05, 0) is 36.4 Å². The van der Waals surface area contributed by atoms with Gasteiger partial charge in [-0.3, -0.25) is 4.79 Å². The normalized spacial score (nSPS) is 13.9. The third kappa shape index (κ3) is 4.51. The highest BCUT2D eigenvalue weighted by molar-refractivity contribution is 6.99. The Kier molecular flexibility index (Phi) is 6.08. The molecule has 1 aromatic heterocycles. The van der Waals surface area contributed by atoms with Crippen LogP contribution >= 0.6 is 11.7 Å². The summed E-state index contributed by atoms with van der Waals surface area (Å²) in [7, 11) is 1.64. The minimum atomic E-state index is -0.364. The number of aromatic nitrogens is 2. The van der Waals surface area contributed by atoms with Gasteiger partial charge < -0.3 is 19.3 Å². The van der Waals surface area contributed by atoms with Crippen molar-refractivity contribution in [3.05, 3.63) is 54.3 Å². The average Bonchev–Trinajstić information content (AvgIpc) is 3.26. The van der Waals surface area contributed by atoms with Gasteiger partial charge in [0.2, 0.25) is 0 Å². The van der Waals surface area contributed by atoms with Crippen LogP contribution < -0.4 is 14.4 Å². The number of ether oxygens (including phenoxy) is 2. The molecule has 1 amide bonds. The molecular formula is C21H21FN4O3S. The number of anilines is 1. The van der Waals surface area contributed by atoms with Crippen LogP contribution in [0.5, 0.6) is 11.6 Å². The molecule has 0 radical (unpaired) electrons. The van der Waals surface area contributed by atoms with Crippen LogP contribution in [0.2, 0.25) is 0 Å². The molecule has 30 heavy (non-hydrogen) atoms. The molecule has 2 aromatic carbocycles. The maximum Gasteiger partial charge on any atom is 0.260 e. The molecular weight excluding hydrogens is 407 g/mol. The first-order chi connectivity index (χ1) is 14.6. The zero-order valence-corrected chi connectivity index (χ0v) is 17.3. The van der Waals surface area contributed by atoms with Crippen LogP contribution in [0.3, 0.4) is 0 Å². The molecule has 1 saturated heterocycles. The summed E-state index contributed by atoms with van der Waals surface area (Å²) in [4.78, 5) is 16.6. The average molecular weight is 428 g/mol. The maximum atomic E-state index is 13.5. The second-order valence-electron chi connectivity index (χ2n) is 6.78. The minimum absolute atomic E-state index is 0.109. The zero-order chi connectivity index (χ0) is 20.9. The number of carbonyl (C=O) groups is 1. The summed E-state index contributed by atoms with van der Waals surface area (Å²) >= 11 is 0.967. The first-order valence-corrected chi connectivity index (χ1v) is 10.2. The number of rotatable bonds is 6. The van der Waals surface area contributed by atoms with E-state index in [4.69, 9.17) is 9.47 Å². The molecule has 0 N–H and O–H groups in total. The fraction of sp³-hybridized carbons (Fsp3) is 0.286. The number of hydrogen-bond acceptors (Lipinski definition) is 7. The Hall–Kier alpha value is -3.20. The number of methoxy groups -OCH3 is 1. The lowest BCUT2D eigenvalue weighted by Crippen LogP contribution is -2.50. The van der Waals surface area contributed by atoms with Crippen LogP contribution in [0.15, 0.2) is 48.5 Å². The van der Waals surface area contributed by atoms with Crippen molar-refractivity contribution >= 4 is 23.3 Å². The summed E-state index contributed by atoms with van der Waals surface area (Å²) in [5.74, 6) is 0.592. The Morgan fingerprint density at radius 1 is 1.10 bits per heavy atom. The van der Waals surface area contributed by atoms with Gasteiger partial charge in [-0.15, -0.1) is 4.37 Å². The van der Waals surface area contributed by atoms with Crippen LogP contribution in [0.25, 0.3) is 11.3 Å². The summed E-state index contributed by atoms with van der Waals surface area (Å²) < 4.78 is 32.6. The number of benzene rings is 2. The van der Waals surface area contributed by atoms with Crippen molar-refractivity contribution < 1.29 is 18.7 Å². The number of hydrogen-bond donors (Lipinski definition) is 0. The molecule has 156 valence electrons. The van der Waals surface area contributed by atoms with Gasteiger partial charge in [0.25, 0.3) is 11.8 Å². The number of carbonyl (C=O) groups excluding carboxylic acids is 1. The van der Waals surface area contributed by atoms with E-state index in [1.54, 1.807) is 24.1 Å². The largest absolute Gasteiger partial charge is 0.497 e. The lowest BCUT2D eigenvalue weighted by Gasteiger charge is -2.36. The second-order valence-corrected chi connectivity index (χ2v) is 7.31. The summed E-state index contributed by atoms with van der Waals surface area (Å²) in [5, 5.41) is 0. The third-order valence-corrected chi connectivity index (χ3v) is 5.47. The molecule has 0 unspecified atom stereocenters. The molecule has 0 bridgehead atoms. The summed E-state index contributed by atoms with van der Waals surface area (Å²) in [6.07, 6.45) is 0. The number of halogens is 1. The van der Waals surface area contributed by atoms with Crippen LogP contribution in [0, 0.1) is 5.82 Å². The van der Waals surface area contributed by atoms with Crippen LogP contribution in [0.1, 0.15) is 0 Å². The summed E-state index contributed by atoms with van der Waals surface area (Å²) in [6.45, 7) is 2.58. The molecule has 4 rings (SSSR count). The van der Waals surface area contributed by atoms with Crippen molar-refractivity contribution in [2.75, 3.05) is 44.8 Å². The SMILES string of the molecule is COc1ccc(N2CCN(C(=O)COc3nsnc3-c3cccc(F)c3)CC2)cc1. The van der Waals surface area contributed by atoms with E-state index in [-0.39, 0.29) is 24.2 Å². The van der Waals surface area contributed by atoms with Crippen molar-refractivity contribution in [2.24, 2.45) is 0 Å². The predicted molar refractivity (Wildman–Crippen MR) is 113 cm³/mol. The van der Waals surface area contributed by atoms with E-state index in [1.165, 1.54) is 12.1 Å². The highest BCUT2D eigenvalue weighted by Gasteiger charge is 2.23. The van der Waals surface area contributed by atoms with E-state index in [2.05, 4.69) is 13.6 Å². The summed E-state index contributed by atoms with van der Waals surface area (Å²) in [5.41, 5.74) is 2.11. The van der Waals surface area contributed by atoms with E-state index >= 15 is 0 Å². The topological polar surface area (TPSA) is 67.8 Å². The Labute approximate surface area is 178 Å². The van der Waals surface area contributed by atoms with E-state index in [9.17, 15) is 9.18 Å². The highest BCUT2D eigenvalue weighted by Crippen LogP contribution is 2.28. The Balaban J connectivity index is 1.31. The van der Waals surface area contributed by atoms with Crippen molar-refractivity contribution in [1.82, 2.24) is 13.6 Å². The molecule has 0 atom stereocenters. The molecule has 9 heteroatoms. The Morgan fingerprint density at radius 2 is 1.87 bits per heavy atom. The van der Waals surface area contributed by atoms with Gasteiger partial charge in [0.1, 0.15) is 17.3 Å². The maximum absolute atomic E-state index is 13.5. The van der Waals surface area contributed by atoms with Gasteiger partial charge in [0, 0.05) is 37.4 Å². The third-order valence-electron chi connectivity index (χ3n) is 4.96. The minimum Gasteiger partial charge on any atom is -0.497 e. The zero-order valence-electron chi connectivity index (χ0n) is 16.5. The summed E-state index contributed by atoms with van der Waals surface area (Å²) in [6, 6.07) is 13.9. The van der Waals surface area contributed by atoms with E-state index < -0.39 is 0 Å². The van der Waals surface area contributed by atoms with E-state index in [0.717, 1.165) is 36.3 Å². The molecule has 1 aliphatic heterocycles. The highest BCUT2D eigenvalue weighted by atomic mass is 32.1. The van der Waals surface area contributed by atoms with Gasteiger partial charge in [0.05, 0.1) is 18.8 Å². The lowest BCUT2D eigenvalue weighted by molar-refractivity contribution is -0.133. The molecule has 0 aliphatic carbocycles. The Bertz CT molecular complexity index is 1000. The molecule has 1 aliphatic rings. The molecule has 7 nitrogen and oxygen atoms in total. The van der Waals surface area contributed by atoms with Crippen molar-refractivity contribution in [3.8, 4) is 22.9 Å². The molecule has 1 fully saturated rings. The van der Waals surface area contributed by atoms with Crippen LogP contribution in [0.4, 0.5) is 10.1 Å². The first kappa shape index (κ1) is 20.1. The van der Waals surface area contributed by atoms with E-state index in [0.29, 0.717) is 24.3 Å². The first-order valence-electron chi connectivity index (χ1n) is 9.52. The quantitative estimate of drug-likeness (QED) is 0.601. The smallest absolute Gasteiger partial charge is 0.260 e. The second kappa shape index (κ2) is 9.08. The monoisotopic (exact) mass is 428 g/mol. The van der Waals surface area contributed by atoms with Gasteiger partial charge in [-0.1, -0.05) is 12.1 Å². The van der Waals surface area contributed by atoms with Crippen molar-refractivity contribution in [2.45, 2.75) is 0 Å². The van der Waals surface area contributed by atoms with E-state index in [1.807, 2.05) is 24.3 Å². The van der Waals surface area contributed by atoms with Crippen molar-refractivity contribution in [3.63, 3.8) is 0 Å². The molecule has 0 spiro atoms. The standard InChI is InChI=1S/C21H21FN4O3S/c1-28-18-7-5-17(6-8-18)25-9-11-26(12-10-25)19(27)14-29-21-20(23-30-24-21)15-3-2-4-16(22)13-15/h2-8,13H,9-12,14H2,1H3. The molecule has 2 heterocycles. The van der Waals surface area contributed by atoms with Crippen LogP contribution in [-0.4, -0.2) is 59.4 Å². The van der Waals surface area contributed by atoms with Crippen LogP contribution in [-0.2, 0) is 4.79 Å². The number of piperazine rings is 1. The van der Waals surface area contributed by atoms with Gasteiger partial charge in [-0.2, -0.15) is 4.37 Å². The predicted octanol–water partition coefficient (Wildman–Crippen LogP) is 3.08. The molecule has 0 saturated carbocycles. The lowest BCUT2D eigenvalue weighted by atomic mass is 10.1. The molecule has 3 aromatic rings. The van der Waals surface area contributed by atoms with Gasteiger partial charge in [-0.25, -0.2) is 4.39 Å². The van der Waals surface area contributed by atoms with Crippen molar-refractivity contribution in [1.29, 1.82) is 0 Å². The number of amides is 1. The Morgan fingerprint density at radius 3 is 2.57 bits per heavy atom. The van der Waals surface area contributed by atoms with Gasteiger partial charge in [0.15, 0.2) is 6.61 Å². The number of nitrogens with zero attached hydrogens (tertiary/aromatic N) is 4.